The van der Waals surface area contributed by atoms with E-state index in [-0.39, 0.29) is 11.5 Å². The van der Waals surface area contributed by atoms with Crippen LogP contribution in [-0.4, -0.2) is 38.0 Å². The van der Waals surface area contributed by atoms with E-state index in [2.05, 4.69) is 15.6 Å². The molecule has 1 amide bonds. The number of carbonyl (C=O) groups is 1. The first-order chi connectivity index (χ1) is 15.1. The molecule has 166 valence electrons. The number of carbonyl (C=O) groups excluding carboxylic acids is 1. The fourth-order valence-electron chi connectivity index (χ4n) is 3.90. The summed E-state index contributed by atoms with van der Waals surface area (Å²) in [4.78, 5) is 27.4. The molecule has 2 aromatic carbocycles. The fourth-order valence-corrected chi connectivity index (χ4v) is 3.90. The minimum Gasteiger partial charge on any atom is -0.497 e. The van der Waals surface area contributed by atoms with Gasteiger partial charge in [0.2, 0.25) is 5.91 Å². The van der Waals surface area contributed by atoms with Crippen LogP contribution in [0, 0.1) is 13.8 Å². The van der Waals surface area contributed by atoms with E-state index in [4.69, 9.17) is 4.74 Å². The fraction of sp³-hybridized carbons (Fsp3) is 0.333. The summed E-state index contributed by atoms with van der Waals surface area (Å²) in [6.07, 6.45) is 0. The Balaban J connectivity index is 2.09. The zero-order chi connectivity index (χ0) is 23.2. The van der Waals surface area contributed by atoms with Crippen LogP contribution in [0.5, 0.6) is 5.75 Å². The third-order valence-corrected chi connectivity index (χ3v) is 5.31. The lowest BCUT2D eigenvalue weighted by Gasteiger charge is -2.27. The van der Waals surface area contributed by atoms with Crippen molar-refractivity contribution in [3.63, 3.8) is 0 Å². The number of amides is 1. The molecule has 0 aliphatic heterocycles. The third kappa shape index (κ3) is 3.72. The van der Waals surface area contributed by atoms with E-state index in [1.54, 1.807) is 35.2 Å². The number of nitrogens with one attached hydrogen (secondary N) is 1. The Morgan fingerprint density at radius 2 is 1.75 bits per heavy atom. The molecule has 2 heterocycles. The first-order valence-electron chi connectivity index (χ1n) is 10.4. The van der Waals surface area contributed by atoms with Crippen molar-refractivity contribution in [3.05, 3.63) is 69.6 Å². The van der Waals surface area contributed by atoms with Gasteiger partial charge in [-0.2, -0.15) is 0 Å². The summed E-state index contributed by atoms with van der Waals surface area (Å²) in [5.41, 5.74) is 3.01. The minimum absolute atomic E-state index is 0.276. The summed E-state index contributed by atoms with van der Waals surface area (Å²) >= 11 is 0. The molecule has 8 heteroatoms. The van der Waals surface area contributed by atoms with Crippen LogP contribution in [0.1, 0.15) is 43.6 Å². The van der Waals surface area contributed by atoms with Gasteiger partial charge in [0.1, 0.15) is 11.8 Å². The van der Waals surface area contributed by atoms with Crippen LogP contribution in [0.2, 0.25) is 0 Å². The Labute approximate surface area is 185 Å². The monoisotopic (exact) mass is 433 g/mol. The molecular weight excluding hydrogens is 406 g/mol. The smallest absolute Gasteiger partial charge is 0.280 e. The number of fused-ring (bicyclic) bond motifs is 3. The van der Waals surface area contributed by atoms with E-state index in [0.717, 1.165) is 5.56 Å². The molecule has 0 aliphatic carbocycles. The lowest BCUT2D eigenvalue weighted by atomic mass is 10.0. The Hall–Kier alpha value is -3.68. The molecule has 0 radical (unpaired) electrons. The van der Waals surface area contributed by atoms with Crippen LogP contribution < -0.4 is 15.6 Å². The second-order valence-corrected chi connectivity index (χ2v) is 9.02. The number of ether oxygens (including phenoxy) is 1. The predicted molar refractivity (Wildman–Crippen MR) is 123 cm³/mol. The van der Waals surface area contributed by atoms with Gasteiger partial charge in [0.15, 0.2) is 5.52 Å². The lowest BCUT2D eigenvalue weighted by molar-refractivity contribution is -0.124. The number of hydrogen-bond donors (Lipinski definition) is 1. The maximum absolute atomic E-state index is 13.8. The summed E-state index contributed by atoms with van der Waals surface area (Å²) < 4.78 is 8.38. The number of aryl methyl sites for hydroxylation is 2. The molecule has 0 fully saturated rings. The molecule has 1 N–H and O–H groups in total. The average molecular weight is 434 g/mol. The Morgan fingerprint density at radius 1 is 1.06 bits per heavy atom. The minimum atomic E-state index is -0.892. The molecule has 32 heavy (non-hydrogen) atoms. The maximum Gasteiger partial charge on any atom is 0.280 e. The average Bonchev–Trinajstić information content (AvgIpc) is 3.11. The highest BCUT2D eigenvalue weighted by Crippen LogP contribution is 2.27. The molecule has 0 bridgehead atoms. The van der Waals surface area contributed by atoms with Crippen LogP contribution >= 0.6 is 0 Å². The number of methoxy groups -OCH3 is 1. The van der Waals surface area contributed by atoms with Gasteiger partial charge >= 0.3 is 0 Å². The van der Waals surface area contributed by atoms with E-state index in [1.807, 2.05) is 58.0 Å². The van der Waals surface area contributed by atoms with Crippen molar-refractivity contribution < 1.29 is 9.53 Å². The zero-order valence-corrected chi connectivity index (χ0v) is 19.1. The van der Waals surface area contributed by atoms with Gasteiger partial charge in [0.25, 0.3) is 5.56 Å². The topological polar surface area (TPSA) is 90.5 Å². The van der Waals surface area contributed by atoms with Gasteiger partial charge in [-0.3, -0.25) is 14.2 Å². The molecule has 1 unspecified atom stereocenters. The summed E-state index contributed by atoms with van der Waals surface area (Å²) in [7, 11) is 1.59. The van der Waals surface area contributed by atoms with E-state index in [0.29, 0.717) is 33.6 Å². The van der Waals surface area contributed by atoms with Gasteiger partial charge in [-0.05, 0) is 70.0 Å². The van der Waals surface area contributed by atoms with Crippen molar-refractivity contribution in [2.24, 2.45) is 0 Å². The van der Waals surface area contributed by atoms with Crippen LogP contribution in [0.3, 0.4) is 0 Å². The van der Waals surface area contributed by atoms with Gasteiger partial charge in [-0.15, -0.1) is 5.10 Å². The molecule has 0 saturated heterocycles. The number of rotatable bonds is 4. The molecule has 0 saturated carbocycles. The molecular formula is C24H27N5O3. The van der Waals surface area contributed by atoms with Crippen LogP contribution in [0.25, 0.3) is 16.6 Å². The van der Waals surface area contributed by atoms with Crippen molar-refractivity contribution in [3.8, 4) is 5.75 Å². The van der Waals surface area contributed by atoms with Crippen molar-refractivity contribution in [2.75, 3.05) is 7.11 Å². The molecule has 0 aliphatic rings. The first kappa shape index (κ1) is 21.5. The summed E-state index contributed by atoms with van der Waals surface area (Å²) in [5, 5.41) is 11.3. The van der Waals surface area contributed by atoms with E-state index in [9.17, 15) is 9.59 Å². The molecule has 4 aromatic rings. The summed E-state index contributed by atoms with van der Waals surface area (Å²) in [6.45, 7) is 9.42. The number of benzene rings is 2. The quantitative estimate of drug-likeness (QED) is 0.534. The molecule has 8 nitrogen and oxygen atoms in total. The predicted octanol–water partition coefficient (Wildman–Crippen LogP) is 3.17. The molecule has 2 aromatic heterocycles. The van der Waals surface area contributed by atoms with Crippen molar-refractivity contribution in [1.82, 2.24) is 24.7 Å². The van der Waals surface area contributed by atoms with Gasteiger partial charge in [0.05, 0.1) is 23.8 Å². The standard InChI is InChI=1S/C24H27N5O3/c1-14-7-12-18-19(13-14)28(23(31)20-15(2)26-27-29(18)20)21(22(30)25-24(3,4)5)16-8-10-17(32-6)11-9-16/h7-13,21H,1-6H3,(H,25,30). The zero-order valence-electron chi connectivity index (χ0n) is 19.1. The van der Waals surface area contributed by atoms with Gasteiger partial charge in [0, 0.05) is 5.54 Å². The number of hydrogen-bond acceptors (Lipinski definition) is 5. The Bertz CT molecular complexity index is 1380. The van der Waals surface area contributed by atoms with Crippen molar-refractivity contribution in [1.29, 1.82) is 0 Å². The molecule has 1 atom stereocenters. The SMILES string of the molecule is COc1ccc(C(C(=O)NC(C)(C)C)n2c(=O)c3c(C)nnn3c3ccc(C)cc32)cc1. The van der Waals surface area contributed by atoms with Gasteiger partial charge < -0.3 is 10.1 Å². The summed E-state index contributed by atoms with van der Waals surface area (Å²) in [5.74, 6) is 0.394. The largest absolute Gasteiger partial charge is 0.497 e. The number of nitrogens with zero attached hydrogens (tertiary/aromatic N) is 4. The van der Waals surface area contributed by atoms with Gasteiger partial charge in [-0.1, -0.05) is 23.4 Å². The second-order valence-electron chi connectivity index (χ2n) is 9.02. The first-order valence-corrected chi connectivity index (χ1v) is 10.4. The highest BCUT2D eigenvalue weighted by atomic mass is 16.5. The van der Waals surface area contributed by atoms with E-state index >= 15 is 0 Å². The van der Waals surface area contributed by atoms with E-state index < -0.39 is 11.6 Å². The second kappa shape index (κ2) is 7.78. The third-order valence-electron chi connectivity index (χ3n) is 5.31. The van der Waals surface area contributed by atoms with Crippen LogP contribution in [0.15, 0.2) is 47.3 Å². The normalized spacial score (nSPS) is 12.8. The van der Waals surface area contributed by atoms with Crippen molar-refractivity contribution >= 4 is 22.5 Å². The highest BCUT2D eigenvalue weighted by Gasteiger charge is 2.30. The van der Waals surface area contributed by atoms with Crippen LogP contribution in [0.4, 0.5) is 0 Å². The van der Waals surface area contributed by atoms with Crippen LogP contribution in [-0.2, 0) is 4.79 Å². The Kier molecular flexibility index (Phi) is 5.24. The highest BCUT2D eigenvalue weighted by molar-refractivity contribution is 5.88. The molecule has 4 rings (SSSR count). The Morgan fingerprint density at radius 3 is 2.38 bits per heavy atom. The lowest BCUT2D eigenvalue weighted by Crippen LogP contribution is -2.46. The van der Waals surface area contributed by atoms with E-state index in [1.165, 1.54) is 0 Å². The number of aromatic nitrogens is 4. The maximum atomic E-state index is 13.8. The molecule has 0 spiro atoms. The van der Waals surface area contributed by atoms with Crippen molar-refractivity contribution in [2.45, 2.75) is 46.2 Å². The van der Waals surface area contributed by atoms with Gasteiger partial charge in [-0.25, -0.2) is 4.52 Å². The summed E-state index contributed by atoms with van der Waals surface area (Å²) in [6, 6.07) is 12.0.